The smallest absolute Gasteiger partial charge is 0.264 e. The van der Waals surface area contributed by atoms with Crippen LogP contribution in [-0.2, 0) is 32.6 Å². The van der Waals surface area contributed by atoms with Crippen LogP contribution >= 0.6 is 15.9 Å². The minimum absolute atomic E-state index is 0.0318. The molecule has 0 saturated carbocycles. The van der Waals surface area contributed by atoms with E-state index >= 15 is 0 Å². The standard InChI is InChI=1S/C36H40BrN3O5S/c1-4-23-38-36(42)34(24-28-12-7-6-8-13-28)39(25-29-14-10-9-11-27(29)3)35(41)26-40(31-17-19-32(20-18-31)45-5-2)46(43,44)33-21-15-30(37)16-22-33/h6-22,34H,4-5,23-26H2,1-3H3,(H,38,42)/t34-/m0/s1. The Balaban J connectivity index is 1.80. The molecule has 0 aromatic heterocycles. The van der Waals surface area contributed by atoms with E-state index < -0.39 is 28.5 Å². The number of sulfonamides is 1. The molecule has 0 fully saturated rings. The minimum Gasteiger partial charge on any atom is -0.494 e. The Kier molecular flexibility index (Phi) is 12.4. The number of hydrogen-bond donors (Lipinski definition) is 1. The van der Waals surface area contributed by atoms with Crippen LogP contribution in [0.15, 0.2) is 112 Å². The zero-order chi connectivity index (χ0) is 33.1. The number of hydrogen-bond acceptors (Lipinski definition) is 5. The first-order valence-corrected chi connectivity index (χ1v) is 17.5. The summed E-state index contributed by atoms with van der Waals surface area (Å²) in [5, 5.41) is 2.97. The topological polar surface area (TPSA) is 96.0 Å². The van der Waals surface area contributed by atoms with Gasteiger partial charge in [0.15, 0.2) is 0 Å². The highest BCUT2D eigenvalue weighted by Crippen LogP contribution is 2.28. The van der Waals surface area contributed by atoms with Crippen LogP contribution in [0.2, 0.25) is 0 Å². The number of rotatable bonds is 15. The number of benzene rings is 4. The molecule has 0 heterocycles. The number of anilines is 1. The predicted octanol–water partition coefficient (Wildman–Crippen LogP) is 6.52. The van der Waals surface area contributed by atoms with E-state index in [0.29, 0.717) is 24.6 Å². The maximum Gasteiger partial charge on any atom is 0.264 e. The van der Waals surface area contributed by atoms with Gasteiger partial charge >= 0.3 is 0 Å². The van der Waals surface area contributed by atoms with Crippen molar-refractivity contribution in [1.29, 1.82) is 0 Å². The van der Waals surface area contributed by atoms with Gasteiger partial charge in [-0.25, -0.2) is 8.42 Å². The summed E-state index contributed by atoms with van der Waals surface area (Å²) < 4.78 is 35.8. The molecule has 0 bridgehead atoms. The van der Waals surface area contributed by atoms with Crippen LogP contribution < -0.4 is 14.4 Å². The summed E-state index contributed by atoms with van der Waals surface area (Å²) >= 11 is 3.37. The fourth-order valence-corrected chi connectivity index (χ4v) is 6.71. The van der Waals surface area contributed by atoms with E-state index in [-0.39, 0.29) is 23.8 Å². The lowest BCUT2D eigenvalue weighted by atomic mass is 10.0. The van der Waals surface area contributed by atoms with Crippen molar-refractivity contribution in [3.8, 4) is 5.75 Å². The Morgan fingerprint density at radius 1 is 0.870 bits per heavy atom. The second-order valence-corrected chi connectivity index (χ2v) is 13.6. The number of carbonyl (C=O) groups is 2. The number of amides is 2. The third-order valence-corrected chi connectivity index (χ3v) is 9.86. The SMILES string of the molecule is CCCNC(=O)[C@H](Cc1ccccc1)N(Cc1ccccc1C)C(=O)CN(c1ccc(OCC)cc1)S(=O)(=O)c1ccc(Br)cc1. The van der Waals surface area contributed by atoms with Crippen molar-refractivity contribution in [3.63, 3.8) is 0 Å². The summed E-state index contributed by atoms with van der Waals surface area (Å²) in [5.74, 6) is -0.225. The molecule has 0 aliphatic rings. The summed E-state index contributed by atoms with van der Waals surface area (Å²) in [6.07, 6.45) is 0.989. The molecule has 8 nitrogen and oxygen atoms in total. The first kappa shape index (κ1) is 34.7. The van der Waals surface area contributed by atoms with Gasteiger partial charge in [-0.2, -0.15) is 0 Å². The van der Waals surface area contributed by atoms with Crippen LogP contribution in [0.1, 0.15) is 37.0 Å². The summed E-state index contributed by atoms with van der Waals surface area (Å²) in [6, 6.07) is 29.2. The number of aryl methyl sites for hydroxylation is 1. The summed E-state index contributed by atoms with van der Waals surface area (Å²) in [4.78, 5) is 29.9. The minimum atomic E-state index is -4.20. The highest BCUT2D eigenvalue weighted by molar-refractivity contribution is 9.10. The lowest BCUT2D eigenvalue weighted by Gasteiger charge is -2.34. The molecule has 242 valence electrons. The van der Waals surface area contributed by atoms with Crippen molar-refractivity contribution in [3.05, 3.63) is 124 Å². The fourth-order valence-electron chi connectivity index (χ4n) is 5.03. The third-order valence-electron chi connectivity index (χ3n) is 7.54. The lowest BCUT2D eigenvalue weighted by molar-refractivity contribution is -0.140. The van der Waals surface area contributed by atoms with E-state index in [1.807, 2.05) is 75.4 Å². The van der Waals surface area contributed by atoms with Crippen molar-refractivity contribution < 1.29 is 22.7 Å². The number of ether oxygens (including phenoxy) is 1. The molecule has 0 aliphatic carbocycles. The molecule has 4 rings (SSSR count). The number of nitrogens with one attached hydrogen (secondary N) is 1. The normalized spacial score (nSPS) is 11.8. The summed E-state index contributed by atoms with van der Waals surface area (Å²) in [5.41, 5.74) is 3.00. The molecule has 0 spiro atoms. The van der Waals surface area contributed by atoms with Crippen LogP contribution in [0, 0.1) is 6.92 Å². The van der Waals surface area contributed by atoms with Crippen LogP contribution in [0.25, 0.3) is 0 Å². The van der Waals surface area contributed by atoms with Crippen LogP contribution in [0.3, 0.4) is 0 Å². The highest BCUT2D eigenvalue weighted by Gasteiger charge is 2.34. The van der Waals surface area contributed by atoms with Gasteiger partial charge in [-0.15, -0.1) is 0 Å². The molecule has 4 aromatic carbocycles. The van der Waals surface area contributed by atoms with E-state index in [4.69, 9.17) is 4.74 Å². The monoisotopic (exact) mass is 705 g/mol. The molecular weight excluding hydrogens is 666 g/mol. The van der Waals surface area contributed by atoms with Crippen molar-refractivity contribution in [2.75, 3.05) is 24.0 Å². The maximum atomic E-state index is 14.6. The van der Waals surface area contributed by atoms with Crippen molar-refractivity contribution in [1.82, 2.24) is 10.2 Å². The Bertz CT molecular complexity index is 1700. The Morgan fingerprint density at radius 2 is 1.52 bits per heavy atom. The van der Waals surface area contributed by atoms with Gasteiger partial charge in [-0.1, -0.05) is 77.5 Å². The molecule has 0 aliphatic heterocycles. The average Bonchev–Trinajstić information content (AvgIpc) is 3.06. The Labute approximate surface area is 280 Å². The zero-order valence-corrected chi connectivity index (χ0v) is 28.8. The molecule has 46 heavy (non-hydrogen) atoms. The number of nitrogens with zero attached hydrogens (tertiary/aromatic N) is 2. The molecule has 0 unspecified atom stereocenters. The summed E-state index contributed by atoms with van der Waals surface area (Å²) in [6.45, 7) is 6.28. The lowest BCUT2D eigenvalue weighted by Crippen LogP contribution is -2.53. The van der Waals surface area contributed by atoms with Gasteiger partial charge in [0.1, 0.15) is 18.3 Å². The predicted molar refractivity (Wildman–Crippen MR) is 185 cm³/mol. The summed E-state index contributed by atoms with van der Waals surface area (Å²) in [7, 11) is -4.20. The first-order chi connectivity index (χ1) is 22.1. The van der Waals surface area contributed by atoms with Crippen molar-refractivity contribution in [2.24, 2.45) is 0 Å². The van der Waals surface area contributed by atoms with Gasteiger partial charge in [-0.3, -0.25) is 13.9 Å². The number of halogens is 1. The fraction of sp³-hybridized carbons (Fsp3) is 0.278. The van der Waals surface area contributed by atoms with Crippen LogP contribution in [-0.4, -0.2) is 50.9 Å². The Hall–Kier alpha value is -4.15. The molecule has 2 amide bonds. The van der Waals surface area contributed by atoms with E-state index in [0.717, 1.165) is 31.9 Å². The maximum absolute atomic E-state index is 14.6. The van der Waals surface area contributed by atoms with Gasteiger partial charge in [0.2, 0.25) is 11.8 Å². The van der Waals surface area contributed by atoms with Gasteiger partial charge < -0.3 is 15.0 Å². The average molecular weight is 707 g/mol. The van der Waals surface area contributed by atoms with Crippen molar-refractivity contribution in [2.45, 2.75) is 51.1 Å². The number of carbonyl (C=O) groups excluding carboxylic acids is 2. The van der Waals surface area contributed by atoms with Crippen molar-refractivity contribution >= 4 is 43.5 Å². The molecular formula is C36H40BrN3O5S. The van der Waals surface area contributed by atoms with E-state index in [2.05, 4.69) is 21.2 Å². The molecule has 4 aromatic rings. The molecule has 0 radical (unpaired) electrons. The van der Waals surface area contributed by atoms with Gasteiger partial charge in [0.05, 0.1) is 17.2 Å². The van der Waals surface area contributed by atoms with E-state index in [9.17, 15) is 18.0 Å². The molecule has 1 atom stereocenters. The Morgan fingerprint density at radius 3 is 2.15 bits per heavy atom. The van der Waals surface area contributed by atoms with Crippen LogP contribution in [0.4, 0.5) is 5.69 Å². The second kappa shape index (κ2) is 16.4. The largest absolute Gasteiger partial charge is 0.494 e. The molecule has 0 saturated heterocycles. The van der Waals surface area contributed by atoms with Gasteiger partial charge in [0, 0.05) is 24.0 Å². The van der Waals surface area contributed by atoms with Gasteiger partial charge in [0.25, 0.3) is 10.0 Å². The quantitative estimate of drug-likeness (QED) is 0.152. The van der Waals surface area contributed by atoms with Crippen LogP contribution in [0.5, 0.6) is 5.75 Å². The second-order valence-electron chi connectivity index (χ2n) is 10.8. The molecule has 1 N–H and O–H groups in total. The highest BCUT2D eigenvalue weighted by atomic mass is 79.9. The third kappa shape index (κ3) is 8.98. The van der Waals surface area contributed by atoms with E-state index in [1.54, 1.807) is 36.4 Å². The zero-order valence-electron chi connectivity index (χ0n) is 26.4. The molecule has 10 heteroatoms. The first-order valence-electron chi connectivity index (χ1n) is 15.3. The van der Waals surface area contributed by atoms with E-state index in [1.165, 1.54) is 17.0 Å². The van der Waals surface area contributed by atoms with Gasteiger partial charge in [-0.05, 0) is 85.5 Å².